The van der Waals surface area contributed by atoms with Gasteiger partial charge in [0.05, 0.1) is 0 Å². The highest BCUT2D eigenvalue weighted by Crippen LogP contribution is 2.02. The van der Waals surface area contributed by atoms with Gasteiger partial charge < -0.3 is 15.4 Å². The van der Waals surface area contributed by atoms with Gasteiger partial charge in [0.25, 0.3) is 11.8 Å². The Kier molecular flexibility index (Phi) is 6.86. The topological polar surface area (TPSA) is 84.5 Å². The molecule has 0 aliphatic carbocycles. The Morgan fingerprint density at radius 2 is 2.00 bits per heavy atom. The van der Waals surface area contributed by atoms with Crippen molar-refractivity contribution in [2.75, 3.05) is 19.7 Å². The van der Waals surface area contributed by atoms with Crippen LogP contribution in [0.5, 0.6) is 0 Å². The molecule has 0 unspecified atom stereocenters. The van der Waals surface area contributed by atoms with Gasteiger partial charge in [-0.15, -0.1) is 0 Å². The monoisotopic (exact) mass is 296 g/mol. The lowest BCUT2D eigenvalue weighted by molar-refractivity contribution is -0.147. The van der Waals surface area contributed by atoms with Gasteiger partial charge in [0.1, 0.15) is 12.4 Å². The van der Waals surface area contributed by atoms with E-state index in [1.165, 1.54) is 18.2 Å². The van der Waals surface area contributed by atoms with Gasteiger partial charge in [0, 0.05) is 12.1 Å². The molecule has 21 heavy (non-hydrogen) atoms. The summed E-state index contributed by atoms with van der Waals surface area (Å²) in [5, 5.41) is 4.82. The summed E-state index contributed by atoms with van der Waals surface area (Å²) in [6.07, 6.45) is 0.781. The molecule has 1 rings (SSSR count). The Morgan fingerprint density at radius 1 is 1.24 bits per heavy atom. The summed E-state index contributed by atoms with van der Waals surface area (Å²) in [5.41, 5.74) is 0.100. The molecule has 6 nitrogen and oxygen atoms in total. The summed E-state index contributed by atoms with van der Waals surface area (Å²) >= 11 is 0. The van der Waals surface area contributed by atoms with Crippen molar-refractivity contribution in [3.63, 3.8) is 0 Å². The lowest BCUT2D eigenvalue weighted by Crippen LogP contribution is -2.34. The van der Waals surface area contributed by atoms with Crippen LogP contribution < -0.4 is 10.6 Å². The van der Waals surface area contributed by atoms with Gasteiger partial charge in [0.2, 0.25) is 0 Å². The molecule has 0 radical (unpaired) electrons. The quantitative estimate of drug-likeness (QED) is 0.723. The van der Waals surface area contributed by atoms with Crippen molar-refractivity contribution in [2.45, 2.75) is 13.3 Å². The molecule has 2 N–H and O–H groups in total. The smallest absolute Gasteiger partial charge is 0.325 e. The number of amides is 2. The predicted molar refractivity (Wildman–Crippen MR) is 73.0 cm³/mol. The van der Waals surface area contributed by atoms with E-state index in [9.17, 15) is 18.8 Å². The van der Waals surface area contributed by atoms with E-state index in [4.69, 9.17) is 0 Å². The largest absolute Gasteiger partial charge is 0.454 e. The summed E-state index contributed by atoms with van der Waals surface area (Å²) in [7, 11) is 0. The zero-order chi connectivity index (χ0) is 15.7. The van der Waals surface area contributed by atoms with Crippen molar-refractivity contribution in [3.05, 3.63) is 35.6 Å². The fraction of sp³-hybridized carbons (Fsp3) is 0.357. The number of carbonyl (C=O) groups excluding carboxylic acids is 3. The van der Waals surface area contributed by atoms with Gasteiger partial charge in [-0.1, -0.05) is 13.0 Å². The van der Waals surface area contributed by atoms with Gasteiger partial charge >= 0.3 is 5.97 Å². The molecular weight excluding hydrogens is 279 g/mol. The minimum Gasteiger partial charge on any atom is -0.454 e. The molecule has 0 heterocycles. The van der Waals surface area contributed by atoms with Gasteiger partial charge in [0.15, 0.2) is 6.61 Å². The van der Waals surface area contributed by atoms with E-state index in [1.807, 2.05) is 6.92 Å². The number of carbonyl (C=O) groups is 3. The highest BCUT2D eigenvalue weighted by Gasteiger charge is 2.10. The number of benzene rings is 1. The highest BCUT2D eigenvalue weighted by atomic mass is 19.1. The molecule has 0 aromatic heterocycles. The van der Waals surface area contributed by atoms with Crippen LogP contribution in [0.15, 0.2) is 24.3 Å². The van der Waals surface area contributed by atoms with Crippen LogP contribution in [0, 0.1) is 5.82 Å². The van der Waals surface area contributed by atoms with Crippen LogP contribution in [0.25, 0.3) is 0 Å². The normalized spacial score (nSPS) is 9.81. The number of esters is 1. The van der Waals surface area contributed by atoms with Crippen LogP contribution in [0.4, 0.5) is 4.39 Å². The SMILES string of the molecule is CCCNC(=O)COC(=O)CNC(=O)c1cccc(F)c1. The maximum absolute atomic E-state index is 12.9. The van der Waals surface area contributed by atoms with E-state index in [-0.39, 0.29) is 5.56 Å². The van der Waals surface area contributed by atoms with Crippen molar-refractivity contribution in [1.29, 1.82) is 0 Å². The predicted octanol–water partition coefficient (Wildman–Crippen LogP) is 0.625. The molecule has 0 fully saturated rings. The van der Waals surface area contributed by atoms with Gasteiger partial charge in [-0.2, -0.15) is 0 Å². The number of rotatable bonds is 7. The molecule has 2 amide bonds. The Morgan fingerprint density at radius 3 is 2.67 bits per heavy atom. The summed E-state index contributed by atoms with van der Waals surface area (Å²) in [6.45, 7) is 1.62. The average Bonchev–Trinajstić information content (AvgIpc) is 2.48. The summed E-state index contributed by atoms with van der Waals surface area (Å²) in [4.78, 5) is 34.1. The van der Waals surface area contributed by atoms with Crippen LogP contribution >= 0.6 is 0 Å². The van der Waals surface area contributed by atoms with Crippen molar-refractivity contribution in [2.24, 2.45) is 0 Å². The first-order valence-corrected chi connectivity index (χ1v) is 6.49. The molecule has 0 saturated heterocycles. The second kappa shape index (κ2) is 8.68. The Hall–Kier alpha value is -2.44. The fourth-order valence-corrected chi connectivity index (χ4v) is 1.40. The third-order valence-electron chi connectivity index (χ3n) is 2.42. The number of hydrogen-bond donors (Lipinski definition) is 2. The number of nitrogens with one attached hydrogen (secondary N) is 2. The van der Waals surface area contributed by atoms with Crippen LogP contribution in [0.2, 0.25) is 0 Å². The van der Waals surface area contributed by atoms with E-state index in [0.29, 0.717) is 6.54 Å². The molecule has 0 spiro atoms. The number of hydrogen-bond acceptors (Lipinski definition) is 4. The Balaban J connectivity index is 2.30. The zero-order valence-corrected chi connectivity index (χ0v) is 11.6. The fourth-order valence-electron chi connectivity index (χ4n) is 1.40. The summed E-state index contributed by atoms with van der Waals surface area (Å²) in [6, 6.07) is 5.07. The third-order valence-corrected chi connectivity index (χ3v) is 2.42. The minimum atomic E-state index is -0.744. The Labute approximate surface area is 121 Å². The third kappa shape index (κ3) is 6.51. The molecule has 0 aliphatic rings. The van der Waals surface area contributed by atoms with Crippen LogP contribution in [0.1, 0.15) is 23.7 Å². The lowest BCUT2D eigenvalue weighted by atomic mass is 10.2. The number of halogens is 1. The van der Waals surface area contributed by atoms with E-state index in [2.05, 4.69) is 15.4 Å². The summed E-state index contributed by atoms with van der Waals surface area (Å²) < 4.78 is 17.6. The van der Waals surface area contributed by atoms with E-state index in [1.54, 1.807) is 0 Å². The van der Waals surface area contributed by atoms with E-state index in [0.717, 1.165) is 12.5 Å². The van der Waals surface area contributed by atoms with Gasteiger partial charge in [-0.25, -0.2) is 4.39 Å². The van der Waals surface area contributed by atoms with E-state index < -0.39 is 36.8 Å². The standard InChI is InChI=1S/C14H17FN2O4/c1-2-6-16-12(18)9-21-13(19)8-17-14(20)10-4-3-5-11(15)7-10/h3-5,7H,2,6,8-9H2,1H3,(H,16,18)(H,17,20). The first-order valence-electron chi connectivity index (χ1n) is 6.49. The van der Waals surface area contributed by atoms with Gasteiger partial charge in [-0.3, -0.25) is 14.4 Å². The minimum absolute atomic E-state index is 0.100. The van der Waals surface area contributed by atoms with Crippen molar-refractivity contribution >= 4 is 17.8 Å². The van der Waals surface area contributed by atoms with Crippen LogP contribution in [-0.4, -0.2) is 37.5 Å². The van der Waals surface area contributed by atoms with Crippen molar-refractivity contribution in [1.82, 2.24) is 10.6 Å². The van der Waals surface area contributed by atoms with Crippen LogP contribution in [0.3, 0.4) is 0 Å². The highest BCUT2D eigenvalue weighted by molar-refractivity contribution is 5.96. The molecule has 0 bridgehead atoms. The van der Waals surface area contributed by atoms with Crippen molar-refractivity contribution < 1.29 is 23.5 Å². The molecule has 0 atom stereocenters. The first kappa shape index (κ1) is 16.6. The second-order valence-corrected chi connectivity index (χ2v) is 4.20. The lowest BCUT2D eigenvalue weighted by Gasteiger charge is -2.07. The van der Waals surface area contributed by atoms with Crippen LogP contribution in [-0.2, 0) is 14.3 Å². The zero-order valence-electron chi connectivity index (χ0n) is 11.6. The maximum Gasteiger partial charge on any atom is 0.325 e. The molecule has 7 heteroatoms. The second-order valence-electron chi connectivity index (χ2n) is 4.20. The molecular formula is C14H17FN2O4. The first-order chi connectivity index (χ1) is 10.0. The van der Waals surface area contributed by atoms with Crippen molar-refractivity contribution in [3.8, 4) is 0 Å². The maximum atomic E-state index is 12.9. The summed E-state index contributed by atoms with van der Waals surface area (Å²) in [5.74, 6) is -2.28. The molecule has 0 saturated carbocycles. The Bertz CT molecular complexity index is 519. The molecule has 1 aromatic rings. The van der Waals surface area contributed by atoms with E-state index >= 15 is 0 Å². The number of ether oxygens (including phenoxy) is 1. The molecule has 0 aliphatic heterocycles. The molecule has 114 valence electrons. The average molecular weight is 296 g/mol. The molecule has 1 aromatic carbocycles. The van der Waals surface area contributed by atoms with Gasteiger partial charge in [-0.05, 0) is 24.6 Å².